The minimum atomic E-state index is -2.65. The minimum Gasteiger partial charge on any atom is -0.493 e. The molecule has 94 valence electrons. The van der Waals surface area contributed by atoms with Gasteiger partial charge in [-0.15, -0.1) is 0 Å². The summed E-state index contributed by atoms with van der Waals surface area (Å²) in [5.41, 5.74) is -0.00336. The van der Waals surface area contributed by atoms with Crippen molar-refractivity contribution in [3.05, 3.63) is 29.3 Å². The number of alkyl halides is 3. The Hall–Kier alpha value is -0.970. The fourth-order valence-corrected chi connectivity index (χ4v) is 1.83. The van der Waals surface area contributed by atoms with E-state index < -0.39 is 6.43 Å². The quantitative estimate of drug-likeness (QED) is 0.587. The fourth-order valence-electron chi connectivity index (χ4n) is 1.47. The molecule has 1 aromatic carbocycles. The normalized spacial score (nSPS) is 10.6. The van der Waals surface area contributed by atoms with E-state index in [-0.39, 0.29) is 35.7 Å². The molecule has 1 rings (SSSR count). The van der Waals surface area contributed by atoms with Crippen LogP contribution in [-0.2, 0) is 0 Å². The highest BCUT2D eigenvalue weighted by Gasteiger charge is 2.20. The van der Waals surface area contributed by atoms with Crippen molar-refractivity contribution >= 4 is 21.7 Å². The van der Waals surface area contributed by atoms with Gasteiger partial charge in [0.1, 0.15) is 5.75 Å². The Morgan fingerprint density at radius 3 is 2.71 bits per heavy atom. The third kappa shape index (κ3) is 3.49. The third-order valence-electron chi connectivity index (χ3n) is 2.19. The first kappa shape index (κ1) is 14.1. The van der Waals surface area contributed by atoms with Crippen molar-refractivity contribution in [1.29, 1.82) is 0 Å². The zero-order chi connectivity index (χ0) is 12.8. The smallest absolute Gasteiger partial charge is 0.267 e. The number of ether oxygens (including phenoxy) is 1. The molecule has 1 aromatic rings. The Morgan fingerprint density at radius 1 is 1.47 bits per heavy atom. The summed E-state index contributed by atoms with van der Waals surface area (Å²) < 4.78 is 30.7. The SMILES string of the molecule is CCOc1c(C(=O)CCBr)cccc1C(F)F. The molecule has 0 saturated carbocycles. The molecule has 0 N–H and O–H groups in total. The number of halogens is 3. The second-order valence-electron chi connectivity index (χ2n) is 3.32. The molecule has 2 nitrogen and oxygen atoms in total. The van der Waals surface area contributed by atoms with Gasteiger partial charge in [-0.3, -0.25) is 4.79 Å². The average molecular weight is 307 g/mol. The van der Waals surface area contributed by atoms with E-state index in [1.54, 1.807) is 6.92 Å². The number of ketones is 1. The largest absolute Gasteiger partial charge is 0.493 e. The monoisotopic (exact) mass is 306 g/mol. The molecule has 0 fully saturated rings. The Kier molecular flexibility index (Phi) is 5.55. The van der Waals surface area contributed by atoms with E-state index in [9.17, 15) is 13.6 Å². The lowest BCUT2D eigenvalue weighted by Crippen LogP contribution is -2.07. The molecule has 0 unspecified atom stereocenters. The van der Waals surface area contributed by atoms with Crippen LogP contribution in [0.15, 0.2) is 18.2 Å². The van der Waals surface area contributed by atoms with Crippen LogP contribution in [0.4, 0.5) is 8.78 Å². The number of carbonyl (C=O) groups excluding carboxylic acids is 1. The molecule has 0 aliphatic heterocycles. The molecular formula is C12H13BrF2O2. The maximum absolute atomic E-state index is 12.8. The van der Waals surface area contributed by atoms with Crippen LogP contribution in [0.1, 0.15) is 35.7 Å². The van der Waals surface area contributed by atoms with Crippen molar-refractivity contribution in [2.75, 3.05) is 11.9 Å². The predicted octanol–water partition coefficient (Wildman–Crippen LogP) is 3.99. The van der Waals surface area contributed by atoms with Gasteiger partial charge >= 0.3 is 0 Å². The van der Waals surface area contributed by atoms with E-state index in [0.29, 0.717) is 5.33 Å². The van der Waals surface area contributed by atoms with Crippen LogP contribution in [0.25, 0.3) is 0 Å². The van der Waals surface area contributed by atoms with Crippen molar-refractivity contribution in [2.45, 2.75) is 19.8 Å². The zero-order valence-corrected chi connectivity index (χ0v) is 11.0. The van der Waals surface area contributed by atoms with Crippen LogP contribution in [0.3, 0.4) is 0 Å². The van der Waals surface area contributed by atoms with Crippen LogP contribution in [-0.4, -0.2) is 17.7 Å². The lowest BCUT2D eigenvalue weighted by atomic mass is 10.0. The number of benzene rings is 1. The van der Waals surface area contributed by atoms with Gasteiger partial charge < -0.3 is 4.74 Å². The van der Waals surface area contributed by atoms with Crippen LogP contribution < -0.4 is 4.74 Å². The van der Waals surface area contributed by atoms with Gasteiger partial charge in [-0.2, -0.15) is 0 Å². The number of hydrogen-bond acceptors (Lipinski definition) is 2. The van der Waals surface area contributed by atoms with Gasteiger partial charge in [0.2, 0.25) is 0 Å². The molecule has 17 heavy (non-hydrogen) atoms. The van der Waals surface area contributed by atoms with Gasteiger partial charge in [0.15, 0.2) is 5.78 Å². The molecule has 0 bridgehead atoms. The van der Waals surface area contributed by atoms with E-state index in [1.807, 2.05) is 0 Å². The summed E-state index contributed by atoms with van der Waals surface area (Å²) in [6.45, 7) is 1.94. The first-order chi connectivity index (χ1) is 8.11. The Labute approximate surface area is 107 Å². The molecule has 0 aliphatic carbocycles. The number of rotatable bonds is 6. The Balaban J connectivity index is 3.19. The van der Waals surface area contributed by atoms with Crippen LogP contribution in [0.5, 0.6) is 5.75 Å². The maximum Gasteiger partial charge on any atom is 0.267 e. The molecule has 5 heteroatoms. The molecule has 0 radical (unpaired) electrons. The second kappa shape index (κ2) is 6.69. The fraction of sp³-hybridized carbons (Fsp3) is 0.417. The Morgan fingerprint density at radius 2 is 2.18 bits per heavy atom. The van der Waals surface area contributed by atoms with E-state index in [0.717, 1.165) is 0 Å². The van der Waals surface area contributed by atoms with Crippen molar-refractivity contribution < 1.29 is 18.3 Å². The summed E-state index contributed by atoms with van der Waals surface area (Å²) in [7, 11) is 0. The second-order valence-corrected chi connectivity index (χ2v) is 4.11. The average Bonchev–Trinajstić information content (AvgIpc) is 2.29. The number of para-hydroxylation sites is 1. The van der Waals surface area contributed by atoms with Gasteiger partial charge in [0, 0.05) is 11.8 Å². The van der Waals surface area contributed by atoms with Crippen LogP contribution in [0.2, 0.25) is 0 Å². The summed E-state index contributed by atoms with van der Waals surface area (Å²) >= 11 is 3.15. The van der Waals surface area contributed by atoms with E-state index >= 15 is 0 Å². The predicted molar refractivity (Wildman–Crippen MR) is 65.3 cm³/mol. The summed E-state index contributed by atoms with van der Waals surface area (Å²) in [5, 5.41) is 0.496. The van der Waals surface area contributed by atoms with Crippen molar-refractivity contribution in [1.82, 2.24) is 0 Å². The van der Waals surface area contributed by atoms with Crippen LogP contribution >= 0.6 is 15.9 Å². The number of carbonyl (C=O) groups is 1. The molecule has 0 amide bonds. The van der Waals surface area contributed by atoms with Crippen molar-refractivity contribution in [3.63, 3.8) is 0 Å². The minimum absolute atomic E-state index is 0.0101. The van der Waals surface area contributed by atoms with Gasteiger partial charge in [-0.1, -0.05) is 22.0 Å². The molecule has 0 saturated heterocycles. The summed E-state index contributed by atoms with van der Waals surface area (Å²) in [6, 6.07) is 4.24. The van der Waals surface area contributed by atoms with E-state index in [4.69, 9.17) is 4.74 Å². The molecule has 0 aliphatic rings. The number of Topliss-reactive ketones (excluding diaryl/α,β-unsaturated/α-hetero) is 1. The topological polar surface area (TPSA) is 26.3 Å². The van der Waals surface area contributed by atoms with E-state index in [2.05, 4.69) is 15.9 Å². The molecular weight excluding hydrogens is 294 g/mol. The molecule has 0 aromatic heterocycles. The zero-order valence-electron chi connectivity index (χ0n) is 9.38. The lowest BCUT2D eigenvalue weighted by molar-refractivity contribution is 0.0984. The van der Waals surface area contributed by atoms with Crippen molar-refractivity contribution in [3.8, 4) is 5.75 Å². The number of hydrogen-bond donors (Lipinski definition) is 0. The highest BCUT2D eigenvalue weighted by molar-refractivity contribution is 9.09. The van der Waals surface area contributed by atoms with Gasteiger partial charge in [-0.25, -0.2) is 8.78 Å². The standard InChI is InChI=1S/C12H13BrF2O2/c1-2-17-11-8(10(16)6-7-13)4-3-5-9(11)12(14)15/h3-5,12H,2,6-7H2,1H3. The highest BCUT2D eigenvalue weighted by Crippen LogP contribution is 2.32. The third-order valence-corrected chi connectivity index (χ3v) is 2.59. The van der Waals surface area contributed by atoms with Crippen LogP contribution in [0, 0.1) is 0 Å². The van der Waals surface area contributed by atoms with Crippen molar-refractivity contribution in [2.24, 2.45) is 0 Å². The maximum atomic E-state index is 12.8. The summed E-state index contributed by atoms with van der Waals surface area (Å²) in [6.07, 6.45) is -2.39. The molecule has 0 atom stereocenters. The highest BCUT2D eigenvalue weighted by atomic mass is 79.9. The first-order valence-corrected chi connectivity index (χ1v) is 6.37. The molecule has 0 heterocycles. The first-order valence-electron chi connectivity index (χ1n) is 5.24. The van der Waals surface area contributed by atoms with Gasteiger partial charge in [0.05, 0.1) is 17.7 Å². The summed E-state index contributed by atoms with van der Waals surface area (Å²) in [5.74, 6) is -0.191. The Bertz CT molecular complexity index is 394. The summed E-state index contributed by atoms with van der Waals surface area (Å²) in [4.78, 5) is 11.8. The van der Waals surface area contributed by atoms with Gasteiger partial charge in [0.25, 0.3) is 6.43 Å². The lowest BCUT2D eigenvalue weighted by Gasteiger charge is -2.13. The van der Waals surface area contributed by atoms with Gasteiger partial charge in [-0.05, 0) is 19.1 Å². The molecule has 0 spiro atoms. The van der Waals surface area contributed by atoms with E-state index in [1.165, 1.54) is 18.2 Å².